The number of nitrogens with zero attached hydrogens (tertiary/aromatic N) is 1. The fraction of sp³-hybridized carbons (Fsp3) is 0.214. The lowest BCUT2D eigenvalue weighted by atomic mass is 10.1. The molecule has 0 spiro atoms. The molecule has 84 valence electrons. The van der Waals surface area contributed by atoms with Crippen molar-refractivity contribution < 1.29 is 0 Å². The van der Waals surface area contributed by atoms with E-state index < -0.39 is 0 Å². The molecule has 16 heavy (non-hydrogen) atoms. The van der Waals surface area contributed by atoms with E-state index in [4.69, 9.17) is 0 Å². The molecule has 2 heteroatoms. The average molecular weight is 214 g/mol. The molecule has 0 amide bonds. The van der Waals surface area contributed by atoms with Crippen LogP contribution in [0.3, 0.4) is 0 Å². The number of allylic oxidation sites excluding steroid dienone is 6. The Hall–Kier alpha value is -1.83. The minimum atomic E-state index is 0.925. The molecular weight excluding hydrogens is 196 g/mol. The van der Waals surface area contributed by atoms with Gasteiger partial charge >= 0.3 is 0 Å². The standard InChI is InChI=1S/C14H18N2/c1-5-11(2)13(4)9-16-14-10-15-8-6-7-12(14)3/h5-6,8-10,16H,1-2,7H2,3-4H3/b13-9+. The van der Waals surface area contributed by atoms with Crippen LogP contribution in [-0.4, -0.2) is 6.21 Å². The Morgan fingerprint density at radius 3 is 3.00 bits per heavy atom. The van der Waals surface area contributed by atoms with Crippen LogP contribution in [0.4, 0.5) is 0 Å². The summed E-state index contributed by atoms with van der Waals surface area (Å²) >= 11 is 0. The minimum absolute atomic E-state index is 0.925. The molecule has 0 saturated heterocycles. The lowest BCUT2D eigenvalue weighted by Crippen LogP contribution is -2.09. The molecule has 0 aromatic heterocycles. The predicted molar refractivity (Wildman–Crippen MR) is 71.2 cm³/mol. The van der Waals surface area contributed by atoms with Crippen molar-refractivity contribution in [3.05, 3.63) is 60.1 Å². The van der Waals surface area contributed by atoms with Gasteiger partial charge in [-0.25, -0.2) is 0 Å². The monoisotopic (exact) mass is 214 g/mol. The van der Waals surface area contributed by atoms with Crippen LogP contribution >= 0.6 is 0 Å². The van der Waals surface area contributed by atoms with Crippen LogP contribution in [0.25, 0.3) is 0 Å². The van der Waals surface area contributed by atoms with Crippen LogP contribution in [-0.2, 0) is 0 Å². The summed E-state index contributed by atoms with van der Waals surface area (Å²) in [5, 5.41) is 3.25. The molecule has 0 fully saturated rings. The Balaban J connectivity index is 2.75. The Bertz CT molecular complexity index is 406. The lowest BCUT2D eigenvalue weighted by molar-refractivity contribution is 1.05. The van der Waals surface area contributed by atoms with E-state index in [0.29, 0.717) is 0 Å². The first-order chi connectivity index (χ1) is 7.65. The zero-order chi connectivity index (χ0) is 12.0. The van der Waals surface area contributed by atoms with Gasteiger partial charge in [-0.05, 0) is 37.0 Å². The molecule has 0 bridgehead atoms. The Morgan fingerprint density at radius 1 is 1.56 bits per heavy atom. The first-order valence-electron chi connectivity index (χ1n) is 5.28. The Kier molecular flexibility index (Phi) is 4.52. The van der Waals surface area contributed by atoms with E-state index in [1.165, 1.54) is 5.57 Å². The molecule has 1 rings (SSSR count). The van der Waals surface area contributed by atoms with Crippen molar-refractivity contribution >= 4 is 6.21 Å². The molecule has 0 aromatic rings. The number of rotatable bonds is 4. The van der Waals surface area contributed by atoms with Crippen LogP contribution < -0.4 is 5.32 Å². The van der Waals surface area contributed by atoms with E-state index in [-0.39, 0.29) is 0 Å². The third-order valence-corrected chi connectivity index (χ3v) is 2.48. The van der Waals surface area contributed by atoms with Crippen molar-refractivity contribution in [3.63, 3.8) is 0 Å². The number of nitrogens with one attached hydrogen (secondary N) is 1. The summed E-state index contributed by atoms with van der Waals surface area (Å²) < 4.78 is 0. The smallest absolute Gasteiger partial charge is 0.0558 e. The number of aliphatic imine (C=N–C) groups is 1. The Morgan fingerprint density at radius 2 is 2.31 bits per heavy atom. The third kappa shape index (κ3) is 3.39. The summed E-state index contributed by atoms with van der Waals surface area (Å²) in [6.07, 6.45) is 10.3. The van der Waals surface area contributed by atoms with Crippen molar-refractivity contribution in [2.24, 2.45) is 4.99 Å². The van der Waals surface area contributed by atoms with Crippen molar-refractivity contribution in [2.45, 2.75) is 20.3 Å². The van der Waals surface area contributed by atoms with E-state index >= 15 is 0 Å². The molecule has 0 aliphatic carbocycles. The summed E-state index contributed by atoms with van der Waals surface area (Å²) in [5.41, 5.74) is 4.31. The molecule has 2 nitrogen and oxygen atoms in total. The van der Waals surface area contributed by atoms with Gasteiger partial charge in [0.15, 0.2) is 0 Å². The van der Waals surface area contributed by atoms with Gasteiger partial charge in [0.1, 0.15) is 0 Å². The van der Waals surface area contributed by atoms with Crippen molar-refractivity contribution in [1.29, 1.82) is 0 Å². The van der Waals surface area contributed by atoms with Gasteiger partial charge in [0.25, 0.3) is 0 Å². The second-order valence-electron chi connectivity index (χ2n) is 3.76. The number of hydrogen-bond acceptors (Lipinski definition) is 2. The SMILES string of the molecule is C=CC(=C)/C(C)=C/NC1=C(C)CC=CN=C1. The van der Waals surface area contributed by atoms with Crippen molar-refractivity contribution in [1.82, 2.24) is 5.32 Å². The molecule has 1 aliphatic rings. The van der Waals surface area contributed by atoms with Crippen LogP contribution in [0.2, 0.25) is 0 Å². The van der Waals surface area contributed by atoms with Gasteiger partial charge in [0.05, 0.1) is 11.9 Å². The van der Waals surface area contributed by atoms with E-state index in [1.807, 2.05) is 31.6 Å². The highest BCUT2D eigenvalue weighted by Gasteiger charge is 1.99. The molecule has 0 atom stereocenters. The average Bonchev–Trinajstić information content (AvgIpc) is 2.50. The Labute approximate surface area is 97.5 Å². The van der Waals surface area contributed by atoms with Gasteiger partial charge in [0.2, 0.25) is 0 Å². The third-order valence-electron chi connectivity index (χ3n) is 2.48. The first kappa shape index (κ1) is 12.2. The maximum absolute atomic E-state index is 4.15. The fourth-order valence-electron chi connectivity index (χ4n) is 1.23. The van der Waals surface area contributed by atoms with Crippen molar-refractivity contribution in [3.8, 4) is 0 Å². The van der Waals surface area contributed by atoms with Gasteiger partial charge in [-0.1, -0.05) is 25.3 Å². The molecule has 0 radical (unpaired) electrons. The van der Waals surface area contributed by atoms with Gasteiger partial charge in [-0.2, -0.15) is 0 Å². The van der Waals surface area contributed by atoms with E-state index in [1.54, 1.807) is 6.08 Å². The normalized spacial score (nSPS) is 16.0. The second-order valence-corrected chi connectivity index (χ2v) is 3.76. The highest BCUT2D eigenvalue weighted by molar-refractivity contribution is 5.80. The molecule has 1 N–H and O–H groups in total. The highest BCUT2D eigenvalue weighted by Crippen LogP contribution is 2.10. The van der Waals surface area contributed by atoms with Gasteiger partial charge in [0, 0.05) is 12.4 Å². The maximum atomic E-state index is 4.15. The van der Waals surface area contributed by atoms with Crippen LogP contribution in [0.1, 0.15) is 20.3 Å². The van der Waals surface area contributed by atoms with E-state index in [0.717, 1.165) is 23.3 Å². The van der Waals surface area contributed by atoms with Crippen LogP contribution in [0, 0.1) is 0 Å². The lowest BCUT2D eigenvalue weighted by Gasteiger charge is -2.07. The quantitative estimate of drug-likeness (QED) is 0.712. The summed E-state index contributed by atoms with van der Waals surface area (Å²) in [7, 11) is 0. The number of hydrogen-bond donors (Lipinski definition) is 1. The van der Waals surface area contributed by atoms with Gasteiger partial charge in [-0.3, -0.25) is 4.99 Å². The topological polar surface area (TPSA) is 24.4 Å². The highest BCUT2D eigenvalue weighted by atomic mass is 14.9. The molecule has 1 aliphatic heterocycles. The molecular formula is C14H18N2. The summed E-state index contributed by atoms with van der Waals surface area (Å²) in [6, 6.07) is 0. The van der Waals surface area contributed by atoms with Gasteiger partial charge in [-0.15, -0.1) is 0 Å². The molecule has 0 saturated carbocycles. The van der Waals surface area contributed by atoms with Crippen molar-refractivity contribution in [2.75, 3.05) is 0 Å². The summed E-state index contributed by atoms with van der Waals surface area (Å²) in [6.45, 7) is 11.7. The minimum Gasteiger partial charge on any atom is -0.360 e. The fourth-order valence-corrected chi connectivity index (χ4v) is 1.23. The maximum Gasteiger partial charge on any atom is 0.0558 e. The summed E-state index contributed by atoms with van der Waals surface area (Å²) in [5.74, 6) is 0. The zero-order valence-corrected chi connectivity index (χ0v) is 9.96. The van der Waals surface area contributed by atoms with Crippen LogP contribution in [0.5, 0.6) is 0 Å². The second kappa shape index (κ2) is 5.91. The van der Waals surface area contributed by atoms with E-state index in [9.17, 15) is 0 Å². The zero-order valence-electron chi connectivity index (χ0n) is 9.96. The first-order valence-corrected chi connectivity index (χ1v) is 5.28. The predicted octanol–water partition coefficient (Wildman–Crippen LogP) is 3.48. The van der Waals surface area contributed by atoms with Crippen LogP contribution in [0.15, 0.2) is 65.1 Å². The molecule has 0 aromatic carbocycles. The molecule has 0 unspecified atom stereocenters. The summed E-state index contributed by atoms with van der Waals surface area (Å²) in [4.78, 5) is 4.15. The largest absolute Gasteiger partial charge is 0.360 e. The molecule has 1 heterocycles. The van der Waals surface area contributed by atoms with E-state index in [2.05, 4.69) is 30.4 Å². The van der Waals surface area contributed by atoms with Gasteiger partial charge < -0.3 is 5.32 Å².